The number of nitro groups is 1. The summed E-state index contributed by atoms with van der Waals surface area (Å²) in [5.41, 5.74) is 1.02. The highest BCUT2D eigenvalue weighted by molar-refractivity contribution is 5.94. The molecular formula is C14H12N4O4. The van der Waals surface area contributed by atoms with Crippen LogP contribution in [0.15, 0.2) is 36.7 Å². The van der Waals surface area contributed by atoms with E-state index < -0.39 is 22.8 Å². The van der Waals surface area contributed by atoms with E-state index in [1.807, 2.05) is 0 Å². The maximum atomic E-state index is 11.8. The van der Waals surface area contributed by atoms with Crippen LogP contribution in [0.2, 0.25) is 0 Å². The Balaban J connectivity index is 1.67. The molecule has 2 atom stereocenters. The van der Waals surface area contributed by atoms with E-state index >= 15 is 0 Å². The van der Waals surface area contributed by atoms with Crippen molar-refractivity contribution in [3.05, 3.63) is 46.8 Å². The number of benzene rings is 1. The van der Waals surface area contributed by atoms with Gasteiger partial charge in [0, 0.05) is 16.9 Å². The minimum atomic E-state index is -0.785. The molecule has 112 valence electrons. The van der Waals surface area contributed by atoms with Gasteiger partial charge in [-0.25, -0.2) is 9.97 Å². The number of phenolic OH excluding ortho intramolecular Hbond substituents is 1. The largest absolute Gasteiger partial charge is 0.508 e. The zero-order chi connectivity index (χ0) is 15.7. The predicted octanol–water partition coefficient (Wildman–Crippen LogP) is 1.45. The van der Waals surface area contributed by atoms with E-state index in [9.17, 15) is 20.0 Å². The molecule has 1 saturated carbocycles. The minimum absolute atomic E-state index is 0.109. The van der Waals surface area contributed by atoms with E-state index in [0.717, 1.165) is 0 Å². The fourth-order valence-corrected chi connectivity index (χ4v) is 2.12. The van der Waals surface area contributed by atoms with Crippen molar-refractivity contribution in [2.75, 3.05) is 5.32 Å². The maximum Gasteiger partial charge on any atom is 0.234 e. The average Bonchev–Trinajstić information content (AvgIpc) is 3.29. The Labute approximate surface area is 125 Å². The predicted molar refractivity (Wildman–Crippen MR) is 76.7 cm³/mol. The smallest absolute Gasteiger partial charge is 0.234 e. The maximum absolute atomic E-state index is 11.8. The second-order valence-corrected chi connectivity index (χ2v) is 5.03. The highest BCUT2D eigenvalue weighted by Crippen LogP contribution is 2.34. The summed E-state index contributed by atoms with van der Waals surface area (Å²) in [6, 6.07) is 5.71. The molecule has 0 bridgehead atoms. The number of aromatic hydroxyl groups is 1. The van der Waals surface area contributed by atoms with Crippen LogP contribution < -0.4 is 5.32 Å². The summed E-state index contributed by atoms with van der Waals surface area (Å²) in [5.74, 6) is -0.460. The fourth-order valence-electron chi connectivity index (χ4n) is 2.12. The standard InChI is InChI=1S/C14H12N4O4/c19-10-3-1-2-8(4-10)13-15-6-9(7-16-13)17-14(20)11-5-12(11)18(21)22/h1-4,6-7,11-12,19H,5H2,(H,17,20)/t11-,12-/m0/s1. The molecule has 8 heteroatoms. The molecule has 0 unspecified atom stereocenters. The van der Waals surface area contributed by atoms with Gasteiger partial charge in [0.25, 0.3) is 0 Å². The summed E-state index contributed by atoms with van der Waals surface area (Å²) < 4.78 is 0. The molecule has 3 rings (SSSR count). The molecule has 8 nitrogen and oxygen atoms in total. The molecule has 1 aliphatic rings. The van der Waals surface area contributed by atoms with Crippen molar-refractivity contribution in [1.82, 2.24) is 9.97 Å². The number of hydrogen-bond acceptors (Lipinski definition) is 6. The quantitative estimate of drug-likeness (QED) is 0.651. The lowest BCUT2D eigenvalue weighted by Gasteiger charge is -2.04. The number of aromatic nitrogens is 2. The van der Waals surface area contributed by atoms with Gasteiger partial charge in [0.2, 0.25) is 11.9 Å². The average molecular weight is 300 g/mol. The third-order valence-electron chi connectivity index (χ3n) is 3.39. The summed E-state index contributed by atoms with van der Waals surface area (Å²) in [5, 5.41) is 22.5. The van der Waals surface area contributed by atoms with Crippen molar-refractivity contribution in [2.24, 2.45) is 5.92 Å². The van der Waals surface area contributed by atoms with Crippen molar-refractivity contribution in [3.63, 3.8) is 0 Å². The lowest BCUT2D eigenvalue weighted by molar-refractivity contribution is -0.497. The van der Waals surface area contributed by atoms with Gasteiger partial charge in [-0.2, -0.15) is 0 Å². The number of carbonyl (C=O) groups excluding carboxylic acids is 1. The highest BCUT2D eigenvalue weighted by Gasteiger charge is 2.53. The normalized spacial score (nSPS) is 19.5. The number of rotatable bonds is 4. The lowest BCUT2D eigenvalue weighted by Crippen LogP contribution is -2.18. The summed E-state index contributed by atoms with van der Waals surface area (Å²) >= 11 is 0. The molecule has 2 aromatic rings. The van der Waals surface area contributed by atoms with Gasteiger partial charge >= 0.3 is 0 Å². The molecule has 0 spiro atoms. The van der Waals surface area contributed by atoms with Gasteiger partial charge in [0.1, 0.15) is 11.7 Å². The SMILES string of the molecule is O=C(Nc1cnc(-c2cccc(O)c2)nc1)[C@H]1C[C@@H]1[N+](=O)[O-]. The molecule has 1 aromatic carbocycles. The van der Waals surface area contributed by atoms with E-state index in [-0.39, 0.29) is 12.2 Å². The van der Waals surface area contributed by atoms with Gasteiger partial charge < -0.3 is 10.4 Å². The number of phenols is 1. The summed E-state index contributed by atoms with van der Waals surface area (Å²) in [6.07, 6.45) is 3.11. The van der Waals surface area contributed by atoms with Crippen LogP contribution in [0.5, 0.6) is 5.75 Å². The molecule has 0 aliphatic heterocycles. The first-order valence-electron chi connectivity index (χ1n) is 6.60. The number of nitrogens with zero attached hydrogens (tertiary/aromatic N) is 3. The highest BCUT2D eigenvalue weighted by atomic mass is 16.6. The zero-order valence-corrected chi connectivity index (χ0v) is 11.3. The topological polar surface area (TPSA) is 118 Å². The number of hydrogen-bond donors (Lipinski definition) is 2. The zero-order valence-electron chi connectivity index (χ0n) is 11.3. The van der Waals surface area contributed by atoms with E-state index in [2.05, 4.69) is 15.3 Å². The Morgan fingerprint density at radius 2 is 2.09 bits per heavy atom. The van der Waals surface area contributed by atoms with Gasteiger partial charge in [0.15, 0.2) is 5.82 Å². The van der Waals surface area contributed by atoms with Crippen LogP contribution in [0.4, 0.5) is 5.69 Å². The minimum Gasteiger partial charge on any atom is -0.508 e. The van der Waals surface area contributed by atoms with Gasteiger partial charge in [-0.1, -0.05) is 12.1 Å². The third kappa shape index (κ3) is 2.85. The second kappa shape index (κ2) is 5.40. The van der Waals surface area contributed by atoms with E-state index in [4.69, 9.17) is 0 Å². The van der Waals surface area contributed by atoms with Crippen LogP contribution in [-0.2, 0) is 4.79 Å². The Morgan fingerprint density at radius 3 is 2.68 bits per heavy atom. The number of carbonyl (C=O) groups is 1. The van der Waals surface area contributed by atoms with Gasteiger partial charge in [-0.15, -0.1) is 0 Å². The molecule has 0 saturated heterocycles. The van der Waals surface area contributed by atoms with Crippen molar-refractivity contribution in [3.8, 4) is 17.1 Å². The molecule has 2 N–H and O–H groups in total. The Morgan fingerprint density at radius 1 is 1.36 bits per heavy atom. The van der Waals surface area contributed by atoms with E-state index in [1.165, 1.54) is 18.5 Å². The molecular weight excluding hydrogens is 288 g/mol. The first-order chi connectivity index (χ1) is 10.5. The summed E-state index contributed by atoms with van der Waals surface area (Å²) in [7, 11) is 0. The van der Waals surface area contributed by atoms with Gasteiger partial charge in [0.05, 0.1) is 18.1 Å². The lowest BCUT2D eigenvalue weighted by atomic mass is 10.2. The number of anilines is 1. The summed E-state index contributed by atoms with van der Waals surface area (Å²) in [6.45, 7) is 0. The van der Waals surface area contributed by atoms with Crippen LogP contribution in [0, 0.1) is 16.0 Å². The third-order valence-corrected chi connectivity index (χ3v) is 3.39. The van der Waals surface area contributed by atoms with E-state index in [1.54, 1.807) is 18.2 Å². The van der Waals surface area contributed by atoms with Crippen molar-refractivity contribution < 1.29 is 14.8 Å². The van der Waals surface area contributed by atoms with Crippen molar-refractivity contribution in [1.29, 1.82) is 0 Å². The first-order valence-corrected chi connectivity index (χ1v) is 6.60. The van der Waals surface area contributed by atoms with Crippen molar-refractivity contribution >= 4 is 11.6 Å². The van der Waals surface area contributed by atoms with Gasteiger partial charge in [-0.3, -0.25) is 14.9 Å². The number of amides is 1. The summed E-state index contributed by atoms with van der Waals surface area (Å²) in [4.78, 5) is 30.1. The van der Waals surface area contributed by atoms with Gasteiger partial charge in [-0.05, 0) is 12.1 Å². The first kappa shape index (κ1) is 13.9. The molecule has 1 heterocycles. The molecule has 1 aromatic heterocycles. The Hall–Kier alpha value is -3.03. The Kier molecular flexibility index (Phi) is 3.42. The second-order valence-electron chi connectivity index (χ2n) is 5.03. The molecule has 1 amide bonds. The molecule has 1 fully saturated rings. The monoisotopic (exact) mass is 300 g/mol. The molecule has 22 heavy (non-hydrogen) atoms. The van der Waals surface area contributed by atoms with E-state index in [0.29, 0.717) is 17.1 Å². The number of nitrogens with one attached hydrogen (secondary N) is 1. The van der Waals surface area contributed by atoms with Crippen molar-refractivity contribution in [2.45, 2.75) is 12.5 Å². The van der Waals surface area contributed by atoms with Crippen LogP contribution in [-0.4, -0.2) is 31.9 Å². The van der Waals surface area contributed by atoms with Crippen LogP contribution in [0.25, 0.3) is 11.4 Å². The fraction of sp³-hybridized carbons (Fsp3) is 0.214. The van der Waals surface area contributed by atoms with Crippen LogP contribution >= 0.6 is 0 Å². The Bertz CT molecular complexity index is 732. The van der Waals surface area contributed by atoms with Crippen LogP contribution in [0.3, 0.4) is 0 Å². The molecule has 1 aliphatic carbocycles. The van der Waals surface area contributed by atoms with Crippen LogP contribution in [0.1, 0.15) is 6.42 Å². The molecule has 0 radical (unpaired) electrons.